The van der Waals surface area contributed by atoms with Crippen LogP contribution < -0.4 is 5.32 Å². The highest BCUT2D eigenvalue weighted by atomic mass is 19.1. The van der Waals surface area contributed by atoms with E-state index in [2.05, 4.69) is 15.3 Å². The van der Waals surface area contributed by atoms with Gasteiger partial charge in [-0.05, 0) is 55.4 Å². The van der Waals surface area contributed by atoms with E-state index in [9.17, 15) is 4.79 Å². The van der Waals surface area contributed by atoms with E-state index in [1.165, 1.54) is 0 Å². The van der Waals surface area contributed by atoms with Crippen LogP contribution in [-0.2, 0) is 4.74 Å². The Balaban J connectivity index is 1.67. The molecule has 0 aliphatic carbocycles. The van der Waals surface area contributed by atoms with Crippen LogP contribution in [-0.4, -0.2) is 35.6 Å². The summed E-state index contributed by atoms with van der Waals surface area (Å²) in [6.07, 6.45) is 5.13. The van der Waals surface area contributed by atoms with Crippen LogP contribution in [0.4, 0.5) is 4.39 Å². The van der Waals surface area contributed by atoms with Crippen LogP contribution in [0.2, 0.25) is 0 Å². The summed E-state index contributed by atoms with van der Waals surface area (Å²) < 4.78 is 21.1. The molecule has 2 N–H and O–H groups in total. The number of rotatable bonds is 6. The summed E-state index contributed by atoms with van der Waals surface area (Å²) in [7, 11) is 0. The van der Waals surface area contributed by atoms with Gasteiger partial charge in [0.05, 0.1) is 17.8 Å². The van der Waals surface area contributed by atoms with Crippen molar-refractivity contribution >= 4 is 5.91 Å². The second-order valence-electron chi connectivity index (χ2n) is 8.20. The molecule has 1 aliphatic heterocycles. The zero-order valence-corrected chi connectivity index (χ0v) is 18.0. The van der Waals surface area contributed by atoms with Crippen molar-refractivity contribution < 1.29 is 13.9 Å². The number of carbonyl (C=O) groups excluding carboxylic acids is 1. The van der Waals surface area contributed by atoms with Crippen LogP contribution >= 0.6 is 0 Å². The number of amides is 1. The molecular formula is C25H28FN3O2. The molecule has 1 aromatic heterocycles. The van der Waals surface area contributed by atoms with Crippen molar-refractivity contribution in [3.05, 3.63) is 88.3 Å². The lowest BCUT2D eigenvalue weighted by Gasteiger charge is -2.23. The van der Waals surface area contributed by atoms with E-state index in [1.807, 2.05) is 32.0 Å². The molecule has 6 heteroatoms. The number of aromatic nitrogens is 2. The molecule has 3 aromatic rings. The van der Waals surface area contributed by atoms with Gasteiger partial charge < -0.3 is 15.0 Å². The van der Waals surface area contributed by atoms with Gasteiger partial charge in [-0.15, -0.1) is 0 Å². The van der Waals surface area contributed by atoms with Gasteiger partial charge in [0.15, 0.2) is 0 Å². The minimum absolute atomic E-state index is 0.0689. The molecule has 0 saturated carbocycles. The number of halogens is 1. The number of benzene rings is 2. The van der Waals surface area contributed by atoms with Crippen molar-refractivity contribution in [2.75, 3.05) is 19.8 Å². The predicted octanol–water partition coefficient (Wildman–Crippen LogP) is 4.50. The fourth-order valence-electron chi connectivity index (χ4n) is 4.24. The Morgan fingerprint density at radius 1 is 1.19 bits per heavy atom. The second-order valence-corrected chi connectivity index (χ2v) is 8.20. The number of aryl methyl sites for hydroxylation is 1. The summed E-state index contributed by atoms with van der Waals surface area (Å²) in [5, 5.41) is 2.92. The van der Waals surface area contributed by atoms with Crippen LogP contribution in [0.3, 0.4) is 0 Å². The molecule has 1 aliphatic rings. The lowest BCUT2D eigenvalue weighted by atomic mass is 9.84. The monoisotopic (exact) mass is 421 g/mol. The van der Waals surface area contributed by atoms with Gasteiger partial charge in [0.25, 0.3) is 5.91 Å². The molecule has 0 bridgehead atoms. The summed E-state index contributed by atoms with van der Waals surface area (Å²) >= 11 is 0. The van der Waals surface area contributed by atoms with Gasteiger partial charge in [-0.2, -0.15) is 0 Å². The van der Waals surface area contributed by atoms with Crippen LogP contribution in [0.25, 0.3) is 0 Å². The fourth-order valence-corrected chi connectivity index (χ4v) is 4.24. The Bertz CT molecular complexity index is 1040. The lowest BCUT2D eigenvalue weighted by molar-refractivity contribution is 0.0642. The highest BCUT2D eigenvalue weighted by molar-refractivity contribution is 5.94. The van der Waals surface area contributed by atoms with Gasteiger partial charge in [-0.25, -0.2) is 9.37 Å². The largest absolute Gasteiger partial charge is 0.381 e. The lowest BCUT2D eigenvalue weighted by Crippen LogP contribution is -2.32. The fraction of sp³-hybridized carbons (Fsp3) is 0.360. The Kier molecular flexibility index (Phi) is 6.47. The smallest absolute Gasteiger partial charge is 0.254 e. The number of ether oxygens (including phenoxy) is 1. The Hall–Kier alpha value is -2.99. The number of H-pyrrole nitrogens is 1. The maximum Gasteiger partial charge on any atom is 0.254 e. The number of imidazole rings is 1. The molecule has 1 atom stereocenters. The molecule has 162 valence electrons. The summed E-state index contributed by atoms with van der Waals surface area (Å²) in [5.41, 5.74) is 4.52. The van der Waals surface area contributed by atoms with Gasteiger partial charge in [-0.1, -0.05) is 30.3 Å². The average molecular weight is 422 g/mol. The van der Waals surface area contributed by atoms with E-state index >= 15 is 4.39 Å². The number of nitrogens with one attached hydrogen (secondary N) is 2. The Morgan fingerprint density at radius 3 is 2.68 bits per heavy atom. The molecule has 5 nitrogen and oxygen atoms in total. The zero-order chi connectivity index (χ0) is 21.8. The third-order valence-electron chi connectivity index (χ3n) is 6.26. The summed E-state index contributed by atoms with van der Waals surface area (Å²) in [6.45, 7) is 6.04. The van der Waals surface area contributed by atoms with Gasteiger partial charge in [-0.3, -0.25) is 4.79 Å². The summed E-state index contributed by atoms with van der Waals surface area (Å²) in [6, 6.07) is 11.1. The van der Waals surface area contributed by atoms with E-state index in [1.54, 1.807) is 30.7 Å². The SMILES string of the molecule is Cc1cccc(C(c2cnc[nH]2)c2cccc(C(=O)NCC3CCOCC3)c2F)c1C. The molecule has 1 fully saturated rings. The summed E-state index contributed by atoms with van der Waals surface area (Å²) in [4.78, 5) is 20.1. The molecule has 31 heavy (non-hydrogen) atoms. The van der Waals surface area contributed by atoms with Gasteiger partial charge in [0.1, 0.15) is 5.82 Å². The van der Waals surface area contributed by atoms with E-state index in [0.717, 1.165) is 35.2 Å². The average Bonchev–Trinajstić information content (AvgIpc) is 3.31. The van der Waals surface area contributed by atoms with Gasteiger partial charge in [0.2, 0.25) is 0 Å². The van der Waals surface area contributed by atoms with Crippen LogP contribution in [0.1, 0.15) is 57.1 Å². The quantitative estimate of drug-likeness (QED) is 0.616. The molecule has 4 rings (SSSR count). The first-order valence-electron chi connectivity index (χ1n) is 10.7. The number of nitrogens with zero attached hydrogens (tertiary/aromatic N) is 1. The second kappa shape index (κ2) is 9.43. The molecular weight excluding hydrogens is 393 g/mol. The van der Waals surface area contributed by atoms with Gasteiger partial charge >= 0.3 is 0 Å². The van der Waals surface area contributed by atoms with Crippen molar-refractivity contribution in [1.82, 2.24) is 15.3 Å². The first-order valence-corrected chi connectivity index (χ1v) is 10.7. The number of hydrogen-bond acceptors (Lipinski definition) is 3. The van der Waals surface area contributed by atoms with E-state index in [0.29, 0.717) is 31.2 Å². The molecule has 0 radical (unpaired) electrons. The van der Waals surface area contributed by atoms with Crippen molar-refractivity contribution in [2.24, 2.45) is 5.92 Å². The molecule has 1 unspecified atom stereocenters. The molecule has 0 spiro atoms. The normalized spacial score (nSPS) is 15.6. The topological polar surface area (TPSA) is 67.0 Å². The zero-order valence-electron chi connectivity index (χ0n) is 18.0. The van der Waals surface area contributed by atoms with Crippen molar-refractivity contribution in [3.8, 4) is 0 Å². The predicted molar refractivity (Wildman–Crippen MR) is 118 cm³/mol. The third-order valence-corrected chi connectivity index (χ3v) is 6.26. The Labute approximate surface area is 182 Å². The molecule has 2 aromatic carbocycles. The minimum Gasteiger partial charge on any atom is -0.381 e. The van der Waals surface area contributed by atoms with E-state index < -0.39 is 5.82 Å². The van der Waals surface area contributed by atoms with E-state index in [-0.39, 0.29) is 17.4 Å². The highest BCUT2D eigenvalue weighted by Gasteiger charge is 2.26. The maximum absolute atomic E-state index is 15.7. The molecule has 2 heterocycles. The first-order chi connectivity index (χ1) is 15.1. The highest BCUT2D eigenvalue weighted by Crippen LogP contribution is 2.35. The summed E-state index contributed by atoms with van der Waals surface area (Å²) in [5.74, 6) is -0.884. The van der Waals surface area contributed by atoms with Crippen molar-refractivity contribution in [3.63, 3.8) is 0 Å². The van der Waals surface area contributed by atoms with Gasteiger partial charge in [0, 0.05) is 37.2 Å². The standard InChI is InChI=1S/C25H28FN3O2/c1-16-5-3-6-19(17(16)2)23(22-14-27-15-29-22)20-7-4-8-21(24(20)26)25(30)28-13-18-9-11-31-12-10-18/h3-8,14-15,18,23H,9-13H2,1-2H3,(H,27,29)(H,28,30). The van der Waals surface area contributed by atoms with Crippen LogP contribution in [0.5, 0.6) is 0 Å². The number of carbonyl (C=O) groups is 1. The first kappa shape index (κ1) is 21.2. The molecule has 1 amide bonds. The van der Waals surface area contributed by atoms with Crippen molar-refractivity contribution in [2.45, 2.75) is 32.6 Å². The Morgan fingerprint density at radius 2 is 1.94 bits per heavy atom. The number of hydrogen-bond donors (Lipinski definition) is 2. The number of aromatic amines is 1. The maximum atomic E-state index is 15.7. The minimum atomic E-state index is -0.493. The van der Waals surface area contributed by atoms with Crippen molar-refractivity contribution in [1.29, 1.82) is 0 Å². The van der Waals surface area contributed by atoms with E-state index in [4.69, 9.17) is 4.74 Å². The molecule has 1 saturated heterocycles. The third kappa shape index (κ3) is 4.54. The van der Waals surface area contributed by atoms with Crippen LogP contribution in [0.15, 0.2) is 48.9 Å². The van der Waals surface area contributed by atoms with Crippen LogP contribution in [0, 0.1) is 25.6 Å².